The highest BCUT2D eigenvalue weighted by molar-refractivity contribution is 6.00. The van der Waals surface area contributed by atoms with Gasteiger partial charge < -0.3 is 15.8 Å². The van der Waals surface area contributed by atoms with Crippen LogP contribution in [-0.2, 0) is 4.79 Å². The predicted molar refractivity (Wildman–Crippen MR) is 147 cm³/mol. The minimum atomic E-state index is -0.774. The highest BCUT2D eigenvalue weighted by Crippen LogP contribution is 2.51. The molecule has 0 radical (unpaired) electrons. The minimum Gasteiger partial charge on any atom is -0.618 e. The summed E-state index contributed by atoms with van der Waals surface area (Å²) in [6.45, 7) is 5.53. The van der Waals surface area contributed by atoms with Gasteiger partial charge in [-0.15, -0.1) is 0 Å². The molecule has 0 aromatic carbocycles. The Bertz CT molecular complexity index is 1450. The summed E-state index contributed by atoms with van der Waals surface area (Å²) in [7, 11) is 0. The number of carbonyl (C=O) groups excluding carboxylic acids is 2. The van der Waals surface area contributed by atoms with E-state index in [1.54, 1.807) is 42.2 Å². The smallest absolute Gasteiger partial charge is 0.270 e. The molecule has 3 aliphatic carbocycles. The van der Waals surface area contributed by atoms with E-state index in [2.05, 4.69) is 20.7 Å². The van der Waals surface area contributed by atoms with Gasteiger partial charge in [-0.2, -0.15) is 14.2 Å². The summed E-state index contributed by atoms with van der Waals surface area (Å²) in [6, 6.07) is 5.82. The van der Waals surface area contributed by atoms with Crippen LogP contribution in [-0.4, -0.2) is 32.6 Å². The number of amides is 2. The molecular weight excluding hydrogens is 511 g/mol. The molecule has 0 unspecified atom stereocenters. The Hall–Kier alpha value is -3.82. The van der Waals surface area contributed by atoms with Crippen molar-refractivity contribution in [2.75, 3.05) is 5.32 Å². The van der Waals surface area contributed by atoms with Crippen molar-refractivity contribution in [2.24, 2.45) is 17.8 Å². The van der Waals surface area contributed by atoms with Crippen LogP contribution in [0.3, 0.4) is 0 Å². The van der Waals surface area contributed by atoms with Gasteiger partial charge in [0.15, 0.2) is 11.9 Å². The van der Waals surface area contributed by atoms with Crippen molar-refractivity contribution in [3.05, 3.63) is 64.8 Å². The van der Waals surface area contributed by atoms with Crippen LogP contribution in [0, 0.1) is 35.8 Å². The van der Waals surface area contributed by atoms with E-state index in [9.17, 15) is 14.8 Å². The Balaban J connectivity index is 1.25. The van der Waals surface area contributed by atoms with Crippen LogP contribution in [0.2, 0.25) is 0 Å². The summed E-state index contributed by atoms with van der Waals surface area (Å²) in [5, 5.41) is 22.5. The molecule has 6 rings (SSSR count). The fraction of sp³-hybridized carbons (Fsp3) is 0.500. The summed E-state index contributed by atoms with van der Waals surface area (Å²) in [6.07, 6.45) is 9.32. The lowest BCUT2D eigenvalue weighted by molar-refractivity contribution is -0.612. The third-order valence-corrected chi connectivity index (χ3v) is 8.42. The van der Waals surface area contributed by atoms with Crippen molar-refractivity contribution in [1.82, 2.24) is 20.1 Å². The summed E-state index contributed by atoms with van der Waals surface area (Å²) >= 11 is 0. The zero-order chi connectivity index (χ0) is 28.1. The van der Waals surface area contributed by atoms with Gasteiger partial charge in [0, 0.05) is 30.3 Å². The molecule has 3 saturated carbocycles. The fourth-order valence-electron chi connectivity index (χ4n) is 5.83. The van der Waals surface area contributed by atoms with Crippen molar-refractivity contribution in [2.45, 2.75) is 77.3 Å². The van der Waals surface area contributed by atoms with Crippen molar-refractivity contribution in [3.63, 3.8) is 0 Å². The minimum absolute atomic E-state index is 0.0129. The Morgan fingerprint density at radius 2 is 1.77 bits per heavy atom. The summed E-state index contributed by atoms with van der Waals surface area (Å²) < 4.78 is 17.8. The van der Waals surface area contributed by atoms with Gasteiger partial charge in [0.1, 0.15) is 17.6 Å². The van der Waals surface area contributed by atoms with Crippen LogP contribution in [0.4, 0.5) is 10.2 Å². The number of pyridine rings is 2. The van der Waals surface area contributed by atoms with E-state index in [0.717, 1.165) is 48.8 Å². The second-order valence-electron chi connectivity index (χ2n) is 11.9. The number of nitrogens with one attached hydrogen (secondary N) is 2. The van der Waals surface area contributed by atoms with E-state index in [1.807, 2.05) is 19.9 Å². The van der Waals surface area contributed by atoms with Crippen LogP contribution in [0.1, 0.15) is 86.1 Å². The first kappa shape index (κ1) is 26.4. The first-order valence-electron chi connectivity index (χ1n) is 14.3. The van der Waals surface area contributed by atoms with E-state index in [4.69, 9.17) is 0 Å². The molecular formula is C30H35FN6O3. The summed E-state index contributed by atoms with van der Waals surface area (Å²) in [5.74, 6) is -0.349. The second-order valence-corrected chi connectivity index (χ2v) is 11.9. The van der Waals surface area contributed by atoms with E-state index in [-0.39, 0.29) is 29.2 Å². The molecule has 2 N–H and O–H groups in total. The molecule has 0 bridgehead atoms. The first-order chi connectivity index (χ1) is 19.2. The SMILES string of the molecule is Cc1c(-c2ccc(NC(=O)[C@@H](NC(=O)c3ccnn3C(C)C)C(C3CC3)C3CC3)nc2F)cc(C2CC2)c[n+]1[O-]. The predicted octanol–water partition coefficient (Wildman–Crippen LogP) is 4.66. The maximum Gasteiger partial charge on any atom is 0.270 e. The normalized spacial score (nSPS) is 17.8. The Labute approximate surface area is 232 Å². The van der Waals surface area contributed by atoms with Gasteiger partial charge in [-0.05, 0) is 100 Å². The molecule has 1 atom stereocenters. The number of anilines is 1. The molecule has 9 nitrogen and oxygen atoms in total. The van der Waals surface area contributed by atoms with Crippen LogP contribution in [0.5, 0.6) is 0 Å². The van der Waals surface area contributed by atoms with Crippen molar-refractivity contribution >= 4 is 17.6 Å². The van der Waals surface area contributed by atoms with Crippen LogP contribution >= 0.6 is 0 Å². The van der Waals surface area contributed by atoms with E-state index < -0.39 is 17.9 Å². The van der Waals surface area contributed by atoms with E-state index >= 15 is 4.39 Å². The largest absolute Gasteiger partial charge is 0.618 e. The zero-order valence-electron chi connectivity index (χ0n) is 23.1. The van der Waals surface area contributed by atoms with Crippen LogP contribution < -0.4 is 15.4 Å². The monoisotopic (exact) mass is 546 g/mol. The van der Waals surface area contributed by atoms with Gasteiger partial charge in [0.25, 0.3) is 5.91 Å². The van der Waals surface area contributed by atoms with Gasteiger partial charge in [-0.25, -0.2) is 4.98 Å². The topological polar surface area (TPSA) is 116 Å². The van der Waals surface area contributed by atoms with Gasteiger partial charge in [0.2, 0.25) is 11.9 Å². The Morgan fingerprint density at radius 1 is 1.07 bits per heavy atom. The highest BCUT2D eigenvalue weighted by atomic mass is 19.1. The van der Waals surface area contributed by atoms with Crippen LogP contribution in [0.15, 0.2) is 36.7 Å². The maximum atomic E-state index is 15.3. The summed E-state index contributed by atoms with van der Waals surface area (Å²) in [4.78, 5) is 31.0. The molecule has 0 aliphatic heterocycles. The Kier molecular flexibility index (Phi) is 6.80. The lowest BCUT2D eigenvalue weighted by Gasteiger charge is -2.27. The number of nitrogens with zero attached hydrogens (tertiary/aromatic N) is 4. The molecule has 40 heavy (non-hydrogen) atoms. The molecule has 210 valence electrons. The second kappa shape index (κ2) is 10.3. The Morgan fingerprint density at radius 3 is 2.38 bits per heavy atom. The molecule has 2 amide bonds. The lowest BCUT2D eigenvalue weighted by atomic mass is 9.88. The molecule has 10 heteroatoms. The molecule has 3 aliphatic rings. The molecule has 3 fully saturated rings. The molecule has 3 aromatic rings. The number of hydrogen-bond donors (Lipinski definition) is 2. The molecule has 3 aromatic heterocycles. The molecule has 0 saturated heterocycles. The number of rotatable bonds is 10. The lowest BCUT2D eigenvalue weighted by Crippen LogP contribution is -2.50. The van der Waals surface area contributed by atoms with Gasteiger partial charge >= 0.3 is 0 Å². The number of aromatic nitrogens is 4. The molecule has 3 heterocycles. The first-order valence-corrected chi connectivity index (χ1v) is 14.3. The van der Waals surface area contributed by atoms with Crippen molar-refractivity contribution in [3.8, 4) is 11.1 Å². The standard InChI is InChI=1S/C30H35FN6O3/c1-16(2)37-24(12-13-32-37)29(38)35-27(26(19-6-7-19)20-8-9-20)30(39)34-25-11-10-22(28(31)33-25)23-14-21(18-4-5-18)15-36(40)17(23)3/h10-16,18-20,26-27H,4-9H2,1-3H3,(H,35,38)(H,33,34,39)/t27-/m0/s1. The average molecular weight is 547 g/mol. The fourth-order valence-corrected chi connectivity index (χ4v) is 5.83. The van der Waals surface area contributed by atoms with Crippen molar-refractivity contribution in [1.29, 1.82) is 0 Å². The van der Waals surface area contributed by atoms with E-state index in [1.165, 1.54) is 0 Å². The number of hydrogen-bond acceptors (Lipinski definition) is 5. The average Bonchev–Trinajstić information content (AvgIpc) is 3.76. The number of carbonyl (C=O) groups is 2. The maximum absolute atomic E-state index is 15.3. The highest BCUT2D eigenvalue weighted by Gasteiger charge is 2.48. The molecule has 0 spiro atoms. The third kappa shape index (κ3) is 5.31. The third-order valence-electron chi connectivity index (χ3n) is 8.42. The van der Waals surface area contributed by atoms with Gasteiger partial charge in [0.05, 0.1) is 5.56 Å². The zero-order valence-corrected chi connectivity index (χ0v) is 23.1. The van der Waals surface area contributed by atoms with E-state index in [0.29, 0.717) is 34.7 Å². The van der Waals surface area contributed by atoms with Crippen molar-refractivity contribution < 1.29 is 18.7 Å². The number of halogens is 1. The van der Waals surface area contributed by atoms with Gasteiger partial charge in [-0.3, -0.25) is 14.3 Å². The quantitative estimate of drug-likeness (QED) is 0.218. The van der Waals surface area contributed by atoms with Crippen LogP contribution in [0.25, 0.3) is 11.1 Å². The summed E-state index contributed by atoms with van der Waals surface area (Å²) in [5.41, 5.74) is 2.39. The van der Waals surface area contributed by atoms with Gasteiger partial charge in [-0.1, -0.05) is 0 Å².